The minimum Gasteiger partial charge on any atom is -0.507 e. The molecule has 0 aliphatic carbocycles. The van der Waals surface area contributed by atoms with E-state index in [4.69, 9.17) is 4.74 Å². The Kier molecular flexibility index (Phi) is 5.06. The van der Waals surface area contributed by atoms with E-state index in [1.165, 1.54) is 49.6 Å². The molecule has 0 radical (unpaired) electrons. The van der Waals surface area contributed by atoms with Crippen LogP contribution in [-0.4, -0.2) is 31.0 Å². The highest BCUT2D eigenvalue weighted by molar-refractivity contribution is 7.86. The molecule has 24 heavy (non-hydrogen) atoms. The Balaban J connectivity index is 2.66. The maximum Gasteiger partial charge on any atom is 0.295 e. The number of methoxy groups -OCH3 is 1. The summed E-state index contributed by atoms with van der Waals surface area (Å²) in [6.45, 7) is 3.53. The van der Waals surface area contributed by atoms with Gasteiger partial charge in [-0.2, -0.15) is 8.42 Å². The van der Waals surface area contributed by atoms with E-state index in [1.807, 2.05) is 0 Å². The number of ketones is 1. The standard InChI is InChI=1S/C17H16O6S/c1-3-5-11-6-4-7-14(17(11)24(20,21)22)16(19)13-9-8-12(23-2)10-15(13)18/h3-4,6-10,18H,1,5H2,2H3,(H,20,21,22). The lowest BCUT2D eigenvalue weighted by atomic mass is 9.99. The van der Waals surface area contributed by atoms with Crippen LogP contribution in [0.3, 0.4) is 0 Å². The second-order valence-corrected chi connectivity index (χ2v) is 6.33. The molecule has 0 fully saturated rings. The van der Waals surface area contributed by atoms with Crippen molar-refractivity contribution in [1.82, 2.24) is 0 Å². The van der Waals surface area contributed by atoms with Gasteiger partial charge in [-0.25, -0.2) is 0 Å². The highest BCUT2D eigenvalue weighted by Crippen LogP contribution is 2.29. The summed E-state index contributed by atoms with van der Waals surface area (Å²) in [7, 11) is -3.23. The zero-order valence-electron chi connectivity index (χ0n) is 12.9. The molecule has 2 aromatic carbocycles. The second-order valence-electron chi connectivity index (χ2n) is 4.97. The van der Waals surface area contributed by atoms with Crippen molar-refractivity contribution in [2.75, 3.05) is 7.11 Å². The summed E-state index contributed by atoms with van der Waals surface area (Å²) in [4.78, 5) is 12.2. The molecule has 0 aliphatic rings. The van der Waals surface area contributed by atoms with E-state index < -0.39 is 20.8 Å². The van der Waals surface area contributed by atoms with Crippen LogP contribution in [0.5, 0.6) is 11.5 Å². The summed E-state index contributed by atoms with van der Waals surface area (Å²) < 4.78 is 38.0. The van der Waals surface area contributed by atoms with Crippen molar-refractivity contribution < 1.29 is 27.6 Å². The van der Waals surface area contributed by atoms with Gasteiger partial charge in [-0.3, -0.25) is 9.35 Å². The van der Waals surface area contributed by atoms with Gasteiger partial charge in [-0.05, 0) is 30.2 Å². The first-order chi connectivity index (χ1) is 11.3. The van der Waals surface area contributed by atoms with Gasteiger partial charge in [0, 0.05) is 11.6 Å². The van der Waals surface area contributed by atoms with E-state index in [1.54, 1.807) is 0 Å². The topological polar surface area (TPSA) is 101 Å². The lowest BCUT2D eigenvalue weighted by molar-refractivity contribution is 0.103. The Bertz CT molecular complexity index is 899. The van der Waals surface area contributed by atoms with Crippen LogP contribution in [0, 0.1) is 0 Å². The lowest BCUT2D eigenvalue weighted by Crippen LogP contribution is -2.12. The highest BCUT2D eigenvalue weighted by atomic mass is 32.2. The van der Waals surface area contributed by atoms with Crippen molar-refractivity contribution in [2.45, 2.75) is 11.3 Å². The quantitative estimate of drug-likeness (QED) is 0.473. The van der Waals surface area contributed by atoms with Crippen LogP contribution in [0.1, 0.15) is 21.5 Å². The Morgan fingerprint density at radius 3 is 2.50 bits per heavy atom. The molecule has 0 atom stereocenters. The van der Waals surface area contributed by atoms with E-state index in [0.29, 0.717) is 5.75 Å². The molecule has 2 rings (SSSR count). The number of benzene rings is 2. The molecule has 0 saturated heterocycles. The number of hydrogen-bond acceptors (Lipinski definition) is 5. The maximum absolute atomic E-state index is 12.7. The van der Waals surface area contributed by atoms with Crippen LogP contribution in [-0.2, 0) is 16.5 Å². The number of aromatic hydroxyl groups is 1. The van der Waals surface area contributed by atoms with Crippen LogP contribution >= 0.6 is 0 Å². The molecule has 2 aromatic rings. The normalized spacial score (nSPS) is 11.1. The number of rotatable bonds is 6. The third-order valence-corrected chi connectivity index (χ3v) is 4.41. The monoisotopic (exact) mass is 348 g/mol. The molecule has 0 spiro atoms. The van der Waals surface area contributed by atoms with Crippen LogP contribution < -0.4 is 4.74 Å². The zero-order chi connectivity index (χ0) is 17.9. The molecule has 0 amide bonds. The summed E-state index contributed by atoms with van der Waals surface area (Å²) >= 11 is 0. The van der Waals surface area contributed by atoms with Crippen molar-refractivity contribution in [3.63, 3.8) is 0 Å². The average molecular weight is 348 g/mol. The maximum atomic E-state index is 12.7. The summed E-state index contributed by atoms with van der Waals surface area (Å²) in [5, 5.41) is 9.99. The minimum atomic E-state index is -4.64. The van der Waals surface area contributed by atoms with Gasteiger partial charge in [0.15, 0.2) is 5.78 Å². The van der Waals surface area contributed by atoms with Crippen LogP contribution in [0.2, 0.25) is 0 Å². The molecule has 0 heterocycles. The average Bonchev–Trinajstić information content (AvgIpc) is 2.53. The van der Waals surface area contributed by atoms with Gasteiger partial charge in [0.2, 0.25) is 0 Å². The van der Waals surface area contributed by atoms with E-state index in [0.717, 1.165) is 0 Å². The van der Waals surface area contributed by atoms with Gasteiger partial charge in [0.25, 0.3) is 10.1 Å². The number of phenolic OH excluding ortho intramolecular Hbond substituents is 1. The minimum absolute atomic E-state index is 0.101. The first kappa shape index (κ1) is 17.7. The lowest BCUT2D eigenvalue weighted by Gasteiger charge is -2.12. The fraction of sp³-hybridized carbons (Fsp3) is 0.118. The third-order valence-electron chi connectivity index (χ3n) is 3.41. The Labute approximate surface area is 139 Å². The van der Waals surface area contributed by atoms with Gasteiger partial charge in [0.05, 0.1) is 12.7 Å². The molecule has 126 valence electrons. The van der Waals surface area contributed by atoms with Crippen molar-refractivity contribution >= 4 is 15.9 Å². The fourth-order valence-corrected chi connectivity index (χ4v) is 3.28. The van der Waals surface area contributed by atoms with Crippen molar-refractivity contribution in [3.8, 4) is 11.5 Å². The van der Waals surface area contributed by atoms with Crippen molar-refractivity contribution in [3.05, 3.63) is 65.7 Å². The second kappa shape index (κ2) is 6.86. The number of phenols is 1. The van der Waals surface area contributed by atoms with Crippen LogP contribution in [0.4, 0.5) is 0 Å². The van der Waals surface area contributed by atoms with Crippen LogP contribution in [0.25, 0.3) is 0 Å². The molecule has 0 saturated carbocycles. The molecule has 2 N–H and O–H groups in total. The van der Waals surface area contributed by atoms with E-state index in [-0.39, 0.29) is 28.9 Å². The number of ether oxygens (including phenoxy) is 1. The third kappa shape index (κ3) is 3.47. The molecule has 0 aromatic heterocycles. The molecule has 0 unspecified atom stereocenters. The zero-order valence-corrected chi connectivity index (χ0v) is 13.7. The number of carbonyl (C=O) groups excluding carboxylic acids is 1. The van der Waals surface area contributed by atoms with E-state index in [2.05, 4.69) is 6.58 Å². The fourth-order valence-electron chi connectivity index (χ4n) is 2.36. The molecule has 0 aliphatic heterocycles. The van der Waals surface area contributed by atoms with Gasteiger partial charge in [0.1, 0.15) is 16.4 Å². The molecular weight excluding hydrogens is 332 g/mol. The molecule has 7 heteroatoms. The van der Waals surface area contributed by atoms with E-state index >= 15 is 0 Å². The Morgan fingerprint density at radius 2 is 1.96 bits per heavy atom. The molecule has 0 bridgehead atoms. The predicted octanol–water partition coefficient (Wildman–Crippen LogP) is 2.61. The number of hydrogen-bond donors (Lipinski definition) is 2. The SMILES string of the molecule is C=CCc1cccc(C(=O)c2ccc(OC)cc2O)c1S(=O)(=O)O. The summed E-state index contributed by atoms with van der Waals surface area (Å²) in [6, 6.07) is 8.30. The van der Waals surface area contributed by atoms with Crippen molar-refractivity contribution in [1.29, 1.82) is 0 Å². The molecular formula is C17H16O6S. The van der Waals surface area contributed by atoms with Gasteiger partial charge in [-0.15, -0.1) is 6.58 Å². The van der Waals surface area contributed by atoms with Crippen molar-refractivity contribution in [2.24, 2.45) is 0 Å². The van der Waals surface area contributed by atoms with Crippen LogP contribution in [0.15, 0.2) is 53.9 Å². The van der Waals surface area contributed by atoms with Gasteiger partial charge in [-0.1, -0.05) is 18.2 Å². The molecule has 6 nitrogen and oxygen atoms in total. The number of allylic oxidation sites excluding steroid dienone is 1. The smallest absolute Gasteiger partial charge is 0.295 e. The summed E-state index contributed by atoms with van der Waals surface area (Å²) in [5.41, 5.74) is -0.0832. The number of carbonyl (C=O) groups is 1. The highest BCUT2D eigenvalue weighted by Gasteiger charge is 2.26. The Hall–Kier alpha value is -2.64. The summed E-state index contributed by atoms with van der Waals surface area (Å²) in [5.74, 6) is -0.733. The Morgan fingerprint density at radius 1 is 1.25 bits per heavy atom. The van der Waals surface area contributed by atoms with E-state index in [9.17, 15) is 22.9 Å². The van der Waals surface area contributed by atoms with Gasteiger partial charge >= 0.3 is 0 Å². The first-order valence-electron chi connectivity index (χ1n) is 6.91. The predicted molar refractivity (Wildman–Crippen MR) is 88.2 cm³/mol. The summed E-state index contributed by atoms with van der Waals surface area (Å²) in [6.07, 6.45) is 1.62. The van der Waals surface area contributed by atoms with Gasteiger partial charge < -0.3 is 9.84 Å². The first-order valence-corrected chi connectivity index (χ1v) is 8.35. The largest absolute Gasteiger partial charge is 0.507 e.